The maximum atomic E-state index is 13.1. The van der Waals surface area contributed by atoms with Crippen LogP contribution >= 0.6 is 11.8 Å². The fourth-order valence-electron chi connectivity index (χ4n) is 3.22. The van der Waals surface area contributed by atoms with Crippen molar-refractivity contribution in [2.45, 2.75) is 31.2 Å². The Labute approximate surface area is 199 Å². The fraction of sp³-hybridized carbons (Fsp3) is 0.304. The van der Waals surface area contributed by atoms with Crippen molar-refractivity contribution in [1.29, 1.82) is 0 Å². The first kappa shape index (κ1) is 25.3. The third-order valence-electron chi connectivity index (χ3n) is 4.95. The Morgan fingerprint density at radius 3 is 2.41 bits per heavy atom. The molecule has 0 saturated carbocycles. The second kappa shape index (κ2) is 11.2. The third kappa shape index (κ3) is 6.60. The lowest BCUT2D eigenvalue weighted by molar-refractivity contribution is -0.137. The number of alkyl halides is 3. The third-order valence-corrected chi connectivity index (χ3v) is 5.90. The molecule has 2 aromatic carbocycles. The number of hydrogen-bond donors (Lipinski definition) is 1. The van der Waals surface area contributed by atoms with Gasteiger partial charge in [0.2, 0.25) is 11.8 Å². The van der Waals surface area contributed by atoms with E-state index in [1.165, 1.54) is 37.0 Å². The molecule has 0 aliphatic carbocycles. The maximum Gasteiger partial charge on any atom is 0.418 e. The Morgan fingerprint density at radius 1 is 1.06 bits per heavy atom. The lowest BCUT2D eigenvalue weighted by Crippen LogP contribution is -2.36. The van der Waals surface area contributed by atoms with E-state index in [0.29, 0.717) is 18.1 Å². The number of nitrogens with zero attached hydrogens (tertiary/aromatic N) is 4. The van der Waals surface area contributed by atoms with E-state index in [1.807, 2.05) is 41.8 Å². The Morgan fingerprint density at radius 2 is 1.74 bits per heavy atom. The molecule has 180 valence electrons. The number of nitrogens with one attached hydrogen (secondary N) is 1. The molecule has 0 radical (unpaired) electrons. The summed E-state index contributed by atoms with van der Waals surface area (Å²) in [6.45, 7) is 2.20. The van der Waals surface area contributed by atoms with Gasteiger partial charge in [-0.25, -0.2) is 0 Å². The van der Waals surface area contributed by atoms with Crippen molar-refractivity contribution in [2.75, 3.05) is 24.7 Å². The Balaban J connectivity index is 1.56. The standard InChI is InChI=1S/C23H24F3N5O2S/c1-3-31-19(13-16-9-5-4-6-10-16)28-29-22(31)34-15-21(33)30(2)14-20(32)27-18-12-8-7-11-17(18)23(24,25)26/h4-12H,3,13-15H2,1-2H3,(H,27,32). The summed E-state index contributed by atoms with van der Waals surface area (Å²) in [5.41, 5.74) is -0.203. The number of carbonyl (C=O) groups excluding carboxylic acids is 2. The molecule has 1 N–H and O–H groups in total. The number of halogens is 3. The average Bonchev–Trinajstić information content (AvgIpc) is 3.18. The predicted molar refractivity (Wildman–Crippen MR) is 123 cm³/mol. The minimum Gasteiger partial charge on any atom is -0.336 e. The van der Waals surface area contributed by atoms with Crippen molar-refractivity contribution in [3.8, 4) is 0 Å². The molecule has 3 rings (SSSR count). The number of rotatable bonds is 9. The van der Waals surface area contributed by atoms with E-state index in [9.17, 15) is 22.8 Å². The van der Waals surface area contributed by atoms with Gasteiger partial charge >= 0.3 is 6.18 Å². The summed E-state index contributed by atoms with van der Waals surface area (Å²) >= 11 is 1.19. The van der Waals surface area contributed by atoms with Crippen LogP contribution in [-0.4, -0.2) is 50.8 Å². The minimum absolute atomic E-state index is 0.00634. The zero-order valence-electron chi connectivity index (χ0n) is 18.7. The summed E-state index contributed by atoms with van der Waals surface area (Å²) < 4.78 is 41.2. The molecule has 7 nitrogen and oxygen atoms in total. The largest absolute Gasteiger partial charge is 0.418 e. The van der Waals surface area contributed by atoms with Crippen molar-refractivity contribution in [2.24, 2.45) is 0 Å². The van der Waals surface area contributed by atoms with E-state index in [0.717, 1.165) is 22.4 Å². The normalized spacial score (nSPS) is 11.3. The summed E-state index contributed by atoms with van der Waals surface area (Å²) in [5, 5.41) is 11.2. The van der Waals surface area contributed by atoms with E-state index in [4.69, 9.17) is 0 Å². The molecular formula is C23H24F3N5O2S. The number of hydrogen-bond acceptors (Lipinski definition) is 5. The summed E-state index contributed by atoms with van der Waals surface area (Å²) in [6, 6.07) is 14.5. The highest BCUT2D eigenvalue weighted by Crippen LogP contribution is 2.34. The highest BCUT2D eigenvalue weighted by molar-refractivity contribution is 7.99. The summed E-state index contributed by atoms with van der Waals surface area (Å²) in [5.74, 6) is -0.300. The topological polar surface area (TPSA) is 80.1 Å². The molecule has 1 aromatic heterocycles. The molecule has 2 amide bonds. The van der Waals surface area contributed by atoms with Gasteiger partial charge in [-0.3, -0.25) is 9.59 Å². The van der Waals surface area contributed by atoms with Crippen LogP contribution in [0.5, 0.6) is 0 Å². The van der Waals surface area contributed by atoms with Crippen LogP contribution in [0.3, 0.4) is 0 Å². The molecule has 34 heavy (non-hydrogen) atoms. The SMILES string of the molecule is CCn1c(Cc2ccccc2)nnc1SCC(=O)N(C)CC(=O)Nc1ccccc1C(F)(F)F. The number of benzene rings is 2. The van der Waals surface area contributed by atoms with Crippen LogP contribution in [0.25, 0.3) is 0 Å². The molecule has 0 unspecified atom stereocenters. The van der Waals surface area contributed by atoms with E-state index in [2.05, 4.69) is 15.5 Å². The van der Waals surface area contributed by atoms with Gasteiger partial charge in [0.05, 0.1) is 23.5 Å². The smallest absolute Gasteiger partial charge is 0.336 e. The molecule has 0 spiro atoms. The summed E-state index contributed by atoms with van der Waals surface area (Å²) in [6.07, 6.45) is -3.99. The Kier molecular flexibility index (Phi) is 8.32. The van der Waals surface area contributed by atoms with Crippen LogP contribution in [0.15, 0.2) is 59.8 Å². The Hall–Kier alpha value is -3.34. The quantitative estimate of drug-likeness (QED) is 0.456. The van der Waals surface area contributed by atoms with Crippen molar-refractivity contribution in [1.82, 2.24) is 19.7 Å². The second-order valence-corrected chi connectivity index (χ2v) is 8.38. The van der Waals surface area contributed by atoms with Crippen molar-refractivity contribution < 1.29 is 22.8 Å². The van der Waals surface area contributed by atoms with Crippen LogP contribution in [0.2, 0.25) is 0 Å². The number of aromatic nitrogens is 3. The van der Waals surface area contributed by atoms with Crippen LogP contribution in [0.4, 0.5) is 18.9 Å². The summed E-state index contributed by atoms with van der Waals surface area (Å²) in [4.78, 5) is 25.9. The molecule has 11 heteroatoms. The van der Waals surface area contributed by atoms with E-state index in [-0.39, 0.29) is 23.9 Å². The molecule has 0 atom stereocenters. The van der Waals surface area contributed by atoms with Crippen LogP contribution in [0, 0.1) is 0 Å². The van der Waals surface area contributed by atoms with Gasteiger partial charge in [0.1, 0.15) is 5.82 Å². The minimum atomic E-state index is -4.60. The first-order valence-corrected chi connectivity index (χ1v) is 11.5. The number of para-hydroxylation sites is 1. The monoisotopic (exact) mass is 491 g/mol. The van der Waals surface area contributed by atoms with Crippen LogP contribution < -0.4 is 5.32 Å². The van der Waals surface area contributed by atoms with Gasteiger partial charge in [0, 0.05) is 20.0 Å². The molecule has 1 heterocycles. The van der Waals surface area contributed by atoms with E-state index < -0.39 is 17.6 Å². The number of thioether (sulfide) groups is 1. The van der Waals surface area contributed by atoms with Gasteiger partial charge in [0.15, 0.2) is 5.16 Å². The van der Waals surface area contributed by atoms with Crippen molar-refractivity contribution in [3.63, 3.8) is 0 Å². The molecule has 0 saturated heterocycles. The molecular weight excluding hydrogens is 467 g/mol. The van der Waals surface area contributed by atoms with Gasteiger partial charge in [-0.15, -0.1) is 10.2 Å². The van der Waals surface area contributed by atoms with Gasteiger partial charge in [0.25, 0.3) is 0 Å². The van der Waals surface area contributed by atoms with Crippen LogP contribution in [-0.2, 0) is 28.7 Å². The van der Waals surface area contributed by atoms with E-state index in [1.54, 1.807) is 0 Å². The van der Waals surface area contributed by atoms with Gasteiger partial charge in [-0.1, -0.05) is 54.2 Å². The van der Waals surface area contributed by atoms with E-state index >= 15 is 0 Å². The number of amides is 2. The first-order chi connectivity index (χ1) is 16.2. The molecule has 0 aliphatic rings. The average molecular weight is 492 g/mol. The number of likely N-dealkylation sites (N-methyl/N-ethyl adjacent to an activating group) is 1. The molecule has 0 aliphatic heterocycles. The number of anilines is 1. The van der Waals surface area contributed by atoms with Crippen molar-refractivity contribution >= 4 is 29.3 Å². The second-order valence-electron chi connectivity index (χ2n) is 7.44. The van der Waals surface area contributed by atoms with Crippen LogP contribution in [0.1, 0.15) is 23.9 Å². The number of carbonyl (C=O) groups is 2. The predicted octanol–water partition coefficient (Wildman–Crippen LogP) is 4.10. The zero-order valence-corrected chi connectivity index (χ0v) is 19.5. The lowest BCUT2D eigenvalue weighted by atomic mass is 10.1. The molecule has 3 aromatic rings. The van der Waals surface area contributed by atoms with Gasteiger partial charge in [-0.05, 0) is 24.6 Å². The summed E-state index contributed by atoms with van der Waals surface area (Å²) in [7, 11) is 1.42. The zero-order chi connectivity index (χ0) is 24.7. The highest BCUT2D eigenvalue weighted by Gasteiger charge is 2.33. The van der Waals surface area contributed by atoms with Gasteiger partial charge < -0.3 is 14.8 Å². The lowest BCUT2D eigenvalue weighted by Gasteiger charge is -2.18. The highest BCUT2D eigenvalue weighted by atomic mass is 32.2. The van der Waals surface area contributed by atoms with Gasteiger partial charge in [-0.2, -0.15) is 13.2 Å². The fourth-order valence-corrected chi connectivity index (χ4v) is 4.18. The Bertz CT molecular complexity index is 1140. The van der Waals surface area contributed by atoms with Crippen molar-refractivity contribution in [3.05, 3.63) is 71.5 Å². The maximum absolute atomic E-state index is 13.1. The first-order valence-electron chi connectivity index (χ1n) is 10.5. The molecule has 0 bridgehead atoms. The molecule has 0 fully saturated rings.